The average molecular weight is 285 g/mol. The number of hydrogen-bond donors (Lipinski definition) is 1. The fourth-order valence-corrected chi connectivity index (χ4v) is 1.98. The predicted octanol–water partition coefficient (Wildman–Crippen LogP) is 3.07. The second kappa shape index (κ2) is 5.24. The number of halogens is 1. The normalized spacial score (nSPS) is 10.6. The van der Waals surface area contributed by atoms with Gasteiger partial charge in [0.05, 0.1) is 12.0 Å². The average Bonchev–Trinajstić information content (AvgIpc) is 3.10. The smallest absolute Gasteiger partial charge is 0.276 e. The number of aromatic nitrogens is 2. The lowest BCUT2D eigenvalue weighted by Gasteiger charge is -2.03. The van der Waals surface area contributed by atoms with E-state index in [1.54, 1.807) is 43.6 Å². The van der Waals surface area contributed by atoms with Crippen LogP contribution >= 0.6 is 0 Å². The van der Waals surface area contributed by atoms with E-state index in [2.05, 4.69) is 10.4 Å². The van der Waals surface area contributed by atoms with Crippen molar-refractivity contribution in [2.45, 2.75) is 0 Å². The maximum absolute atomic E-state index is 13.5. The van der Waals surface area contributed by atoms with E-state index in [4.69, 9.17) is 4.42 Å². The van der Waals surface area contributed by atoms with Crippen LogP contribution in [0.2, 0.25) is 0 Å². The quantitative estimate of drug-likeness (QED) is 0.804. The van der Waals surface area contributed by atoms with Crippen molar-refractivity contribution in [2.75, 3.05) is 5.32 Å². The van der Waals surface area contributed by atoms with Crippen LogP contribution < -0.4 is 5.32 Å². The van der Waals surface area contributed by atoms with Crippen molar-refractivity contribution in [3.8, 4) is 11.5 Å². The van der Waals surface area contributed by atoms with E-state index in [9.17, 15) is 9.18 Å². The molecule has 2 heterocycles. The number of para-hydroxylation sites is 1. The summed E-state index contributed by atoms with van der Waals surface area (Å²) < 4.78 is 20.3. The maximum Gasteiger partial charge on any atom is 0.276 e. The van der Waals surface area contributed by atoms with Crippen molar-refractivity contribution >= 4 is 11.6 Å². The molecule has 0 saturated carbocycles. The van der Waals surface area contributed by atoms with Gasteiger partial charge in [-0.15, -0.1) is 0 Å². The Morgan fingerprint density at radius 2 is 2.10 bits per heavy atom. The van der Waals surface area contributed by atoms with Crippen LogP contribution in [-0.4, -0.2) is 15.7 Å². The number of nitrogens with one attached hydrogen (secondary N) is 1. The van der Waals surface area contributed by atoms with Crippen LogP contribution in [0.15, 0.2) is 53.1 Å². The summed E-state index contributed by atoms with van der Waals surface area (Å²) in [5.41, 5.74) is 0.971. The molecular formula is C15H12FN3O2. The molecule has 6 heteroatoms. The monoisotopic (exact) mass is 285 g/mol. The first kappa shape index (κ1) is 13.1. The second-order valence-corrected chi connectivity index (χ2v) is 4.45. The minimum absolute atomic E-state index is 0.118. The van der Waals surface area contributed by atoms with E-state index in [-0.39, 0.29) is 11.4 Å². The molecule has 1 aromatic carbocycles. The van der Waals surface area contributed by atoms with Gasteiger partial charge in [-0.25, -0.2) is 4.39 Å². The van der Waals surface area contributed by atoms with Crippen LogP contribution in [0.5, 0.6) is 0 Å². The van der Waals surface area contributed by atoms with E-state index in [0.717, 1.165) is 0 Å². The zero-order chi connectivity index (χ0) is 14.8. The van der Waals surface area contributed by atoms with Gasteiger partial charge in [0.1, 0.15) is 11.5 Å². The highest BCUT2D eigenvalue weighted by molar-refractivity contribution is 6.03. The predicted molar refractivity (Wildman–Crippen MR) is 75.3 cm³/mol. The number of carbonyl (C=O) groups is 1. The lowest BCUT2D eigenvalue weighted by atomic mass is 10.2. The van der Waals surface area contributed by atoms with Crippen LogP contribution in [0.1, 0.15) is 10.5 Å². The van der Waals surface area contributed by atoms with Crippen molar-refractivity contribution < 1.29 is 13.6 Å². The maximum atomic E-state index is 13.5. The summed E-state index contributed by atoms with van der Waals surface area (Å²) in [5.74, 6) is -0.364. The Hall–Kier alpha value is -2.89. The lowest BCUT2D eigenvalue weighted by Crippen LogP contribution is -2.13. The molecule has 106 valence electrons. The Morgan fingerprint density at radius 3 is 2.81 bits per heavy atom. The SMILES string of the molecule is Cn1nc(C(=O)Nc2ccccc2F)cc1-c1ccco1. The van der Waals surface area contributed by atoms with Gasteiger partial charge in [-0.3, -0.25) is 9.48 Å². The zero-order valence-corrected chi connectivity index (χ0v) is 11.2. The molecule has 0 spiro atoms. The second-order valence-electron chi connectivity index (χ2n) is 4.45. The van der Waals surface area contributed by atoms with E-state index >= 15 is 0 Å². The number of rotatable bonds is 3. The van der Waals surface area contributed by atoms with Crippen LogP contribution in [0.3, 0.4) is 0 Å². The Bertz CT molecular complexity index is 778. The van der Waals surface area contributed by atoms with E-state index in [0.29, 0.717) is 11.5 Å². The summed E-state index contributed by atoms with van der Waals surface area (Å²) in [4.78, 5) is 12.1. The molecule has 0 aliphatic carbocycles. The summed E-state index contributed by atoms with van der Waals surface area (Å²) in [7, 11) is 1.71. The van der Waals surface area contributed by atoms with Crippen LogP contribution in [0.4, 0.5) is 10.1 Å². The molecule has 3 rings (SSSR count). The van der Waals surface area contributed by atoms with Crippen molar-refractivity contribution in [2.24, 2.45) is 7.05 Å². The molecular weight excluding hydrogens is 273 g/mol. The molecule has 0 unspecified atom stereocenters. The standard InChI is InChI=1S/C15H12FN3O2/c1-19-13(14-7-4-8-21-14)9-12(18-19)15(20)17-11-6-3-2-5-10(11)16/h2-9H,1H3,(H,17,20). The van der Waals surface area contributed by atoms with Gasteiger partial charge in [0, 0.05) is 13.1 Å². The Labute approximate surface area is 120 Å². The Balaban J connectivity index is 1.86. The third kappa shape index (κ3) is 2.55. The highest BCUT2D eigenvalue weighted by Crippen LogP contribution is 2.21. The summed E-state index contributed by atoms with van der Waals surface area (Å²) in [6, 6.07) is 11.1. The molecule has 5 nitrogen and oxygen atoms in total. The van der Waals surface area contributed by atoms with E-state index in [1.807, 2.05) is 0 Å². The van der Waals surface area contributed by atoms with Crippen molar-refractivity contribution in [3.05, 3.63) is 60.2 Å². The molecule has 0 fully saturated rings. The molecule has 0 saturated heterocycles. The molecule has 21 heavy (non-hydrogen) atoms. The van der Waals surface area contributed by atoms with Gasteiger partial charge < -0.3 is 9.73 Å². The molecule has 0 bridgehead atoms. The molecule has 3 aromatic rings. The number of carbonyl (C=O) groups excluding carboxylic acids is 1. The van der Waals surface area contributed by atoms with Crippen molar-refractivity contribution in [1.29, 1.82) is 0 Å². The summed E-state index contributed by atoms with van der Waals surface area (Å²) in [6.07, 6.45) is 1.54. The molecule has 0 atom stereocenters. The van der Waals surface area contributed by atoms with Crippen molar-refractivity contribution in [1.82, 2.24) is 9.78 Å². The lowest BCUT2D eigenvalue weighted by molar-refractivity contribution is 0.102. The molecule has 0 aliphatic rings. The molecule has 2 aromatic heterocycles. The molecule has 1 amide bonds. The summed E-state index contributed by atoms with van der Waals surface area (Å²) in [6.45, 7) is 0. The Morgan fingerprint density at radius 1 is 1.29 bits per heavy atom. The van der Waals surface area contributed by atoms with Crippen LogP contribution in [-0.2, 0) is 7.05 Å². The third-order valence-corrected chi connectivity index (χ3v) is 3.01. The minimum Gasteiger partial charge on any atom is -0.463 e. The fraction of sp³-hybridized carbons (Fsp3) is 0.0667. The van der Waals surface area contributed by atoms with Gasteiger partial charge in [-0.2, -0.15) is 5.10 Å². The first-order valence-corrected chi connectivity index (χ1v) is 6.29. The van der Waals surface area contributed by atoms with Gasteiger partial charge in [0.2, 0.25) is 0 Å². The van der Waals surface area contributed by atoms with Gasteiger partial charge in [-0.1, -0.05) is 12.1 Å². The number of aryl methyl sites for hydroxylation is 1. The van der Waals surface area contributed by atoms with Gasteiger partial charge in [-0.05, 0) is 24.3 Å². The third-order valence-electron chi connectivity index (χ3n) is 3.01. The number of furan rings is 1. The highest BCUT2D eigenvalue weighted by Gasteiger charge is 2.16. The molecule has 0 aliphatic heterocycles. The number of hydrogen-bond acceptors (Lipinski definition) is 3. The molecule has 1 N–H and O–H groups in total. The largest absolute Gasteiger partial charge is 0.463 e. The van der Waals surface area contributed by atoms with Crippen molar-refractivity contribution in [3.63, 3.8) is 0 Å². The molecule has 0 radical (unpaired) electrons. The Kier molecular flexibility index (Phi) is 3.27. The number of nitrogens with zero attached hydrogens (tertiary/aromatic N) is 2. The van der Waals surface area contributed by atoms with Gasteiger partial charge in [0.25, 0.3) is 5.91 Å². The first-order chi connectivity index (χ1) is 10.1. The van der Waals surface area contributed by atoms with E-state index < -0.39 is 11.7 Å². The zero-order valence-electron chi connectivity index (χ0n) is 11.2. The highest BCUT2D eigenvalue weighted by atomic mass is 19.1. The number of amides is 1. The van der Waals surface area contributed by atoms with E-state index in [1.165, 1.54) is 16.8 Å². The van der Waals surface area contributed by atoms with Crippen LogP contribution in [0.25, 0.3) is 11.5 Å². The van der Waals surface area contributed by atoms with Gasteiger partial charge >= 0.3 is 0 Å². The first-order valence-electron chi connectivity index (χ1n) is 6.29. The number of benzene rings is 1. The van der Waals surface area contributed by atoms with Crippen LogP contribution in [0, 0.1) is 5.82 Å². The fourth-order valence-electron chi connectivity index (χ4n) is 1.98. The van der Waals surface area contributed by atoms with Gasteiger partial charge in [0.15, 0.2) is 11.5 Å². The number of anilines is 1. The summed E-state index contributed by atoms with van der Waals surface area (Å²) in [5, 5.41) is 6.61. The summed E-state index contributed by atoms with van der Waals surface area (Å²) >= 11 is 0. The minimum atomic E-state index is -0.493. The topological polar surface area (TPSA) is 60.1 Å².